The molecule has 31 heavy (non-hydrogen) atoms. The number of nitrogens with zero attached hydrogens (tertiary/aromatic N) is 3. The van der Waals surface area contributed by atoms with Gasteiger partial charge in [-0.15, -0.1) is 0 Å². The minimum atomic E-state index is -3.14. The molecule has 2 heterocycles. The third-order valence-electron chi connectivity index (χ3n) is 4.71. The smallest absolute Gasteiger partial charge is 0.408 e. The maximum Gasteiger partial charge on any atom is 0.408 e. The van der Waals surface area contributed by atoms with Crippen LogP contribution in [0.25, 0.3) is 0 Å². The van der Waals surface area contributed by atoms with Crippen LogP contribution in [-0.4, -0.2) is 74.6 Å². The molecule has 0 unspecified atom stereocenters. The molecule has 1 aromatic carbocycles. The summed E-state index contributed by atoms with van der Waals surface area (Å²) in [6.07, 6.45) is -0.695. The lowest BCUT2D eigenvalue weighted by Gasteiger charge is -2.25. The first kappa shape index (κ1) is 23.4. The van der Waals surface area contributed by atoms with Gasteiger partial charge in [-0.1, -0.05) is 11.8 Å². The van der Waals surface area contributed by atoms with Gasteiger partial charge in [0.2, 0.25) is 0 Å². The van der Waals surface area contributed by atoms with Crippen LogP contribution in [0.15, 0.2) is 29.3 Å². The summed E-state index contributed by atoms with van der Waals surface area (Å²) in [7, 11) is 0.725. The Morgan fingerprint density at radius 1 is 1.23 bits per heavy atom. The summed E-state index contributed by atoms with van der Waals surface area (Å²) in [5, 5.41) is 2.66. The average molecular weight is 469 g/mol. The Hall–Kier alpha value is -2.27. The van der Waals surface area contributed by atoms with E-state index in [2.05, 4.69) is 10.3 Å². The predicted octanol–water partition coefficient (Wildman–Crippen LogP) is 1.88. The second-order valence-corrected chi connectivity index (χ2v) is 12.1. The van der Waals surface area contributed by atoms with Crippen molar-refractivity contribution in [3.63, 3.8) is 0 Å². The predicted molar refractivity (Wildman–Crippen MR) is 124 cm³/mol. The quantitative estimate of drug-likeness (QED) is 0.714. The molecule has 2 fully saturated rings. The zero-order valence-corrected chi connectivity index (χ0v) is 19.9. The van der Waals surface area contributed by atoms with Gasteiger partial charge in [-0.25, -0.2) is 13.2 Å². The van der Waals surface area contributed by atoms with E-state index in [1.54, 1.807) is 20.8 Å². The van der Waals surface area contributed by atoms with Gasteiger partial charge in [0.15, 0.2) is 15.0 Å². The molecule has 0 saturated carbocycles. The van der Waals surface area contributed by atoms with Gasteiger partial charge in [-0.3, -0.25) is 4.79 Å². The largest absolute Gasteiger partial charge is 0.444 e. The molecule has 2 aliphatic rings. The number of fused-ring (bicyclic) bond motifs is 1. The van der Waals surface area contributed by atoms with Crippen LogP contribution < -0.4 is 15.1 Å². The monoisotopic (exact) mass is 468 g/mol. The van der Waals surface area contributed by atoms with Gasteiger partial charge in [-0.05, 0) is 45.0 Å². The van der Waals surface area contributed by atoms with Crippen molar-refractivity contribution < 1.29 is 22.7 Å². The minimum Gasteiger partial charge on any atom is -0.444 e. The SMILES string of the molecule is CN(C)c1ccc(N2C(=NC(=O)CNC(=O)OC(C)(C)C)S[C@@H]3CS(=O)(=O)C[C@H]32)cc1. The number of hydrogen-bond donors (Lipinski definition) is 1. The van der Waals surface area contributed by atoms with Gasteiger partial charge in [-0.2, -0.15) is 4.99 Å². The van der Waals surface area contributed by atoms with Crippen LogP contribution in [0.1, 0.15) is 20.8 Å². The summed E-state index contributed by atoms with van der Waals surface area (Å²) in [5.41, 5.74) is 1.11. The van der Waals surface area contributed by atoms with Crippen molar-refractivity contribution in [2.45, 2.75) is 37.7 Å². The second kappa shape index (κ2) is 8.70. The lowest BCUT2D eigenvalue weighted by molar-refractivity contribution is -0.117. The highest BCUT2D eigenvalue weighted by atomic mass is 32.2. The van der Waals surface area contributed by atoms with E-state index in [0.29, 0.717) is 5.17 Å². The Labute approximate surface area is 187 Å². The maximum atomic E-state index is 12.4. The first-order chi connectivity index (χ1) is 14.3. The molecule has 2 aliphatic heterocycles. The van der Waals surface area contributed by atoms with Gasteiger partial charge >= 0.3 is 6.09 Å². The number of ether oxygens (including phenoxy) is 1. The molecular weight excluding hydrogens is 440 g/mol. The highest BCUT2D eigenvalue weighted by Gasteiger charge is 2.49. The fourth-order valence-electron chi connectivity index (χ4n) is 3.39. The molecule has 1 aromatic rings. The number of aliphatic imine (C=N–C) groups is 1. The summed E-state index contributed by atoms with van der Waals surface area (Å²) >= 11 is 1.29. The summed E-state index contributed by atoms with van der Waals surface area (Å²) in [5.74, 6) is -0.465. The Morgan fingerprint density at radius 2 is 1.87 bits per heavy atom. The molecule has 0 aliphatic carbocycles. The van der Waals surface area contributed by atoms with E-state index in [1.165, 1.54) is 11.8 Å². The molecule has 11 heteroatoms. The van der Waals surface area contributed by atoms with E-state index in [1.807, 2.05) is 48.2 Å². The number of sulfone groups is 1. The molecular formula is C20H28N4O5S2. The zero-order valence-electron chi connectivity index (χ0n) is 18.3. The number of nitrogens with one attached hydrogen (secondary N) is 1. The molecule has 3 rings (SSSR count). The molecule has 2 amide bonds. The van der Waals surface area contributed by atoms with E-state index in [0.717, 1.165) is 11.4 Å². The molecule has 0 radical (unpaired) electrons. The van der Waals surface area contributed by atoms with E-state index in [4.69, 9.17) is 4.74 Å². The number of thioether (sulfide) groups is 1. The number of benzene rings is 1. The van der Waals surface area contributed by atoms with Crippen LogP contribution in [-0.2, 0) is 19.4 Å². The van der Waals surface area contributed by atoms with Gasteiger partial charge < -0.3 is 19.9 Å². The van der Waals surface area contributed by atoms with Gasteiger partial charge in [0.05, 0.1) is 17.5 Å². The first-order valence-electron chi connectivity index (χ1n) is 9.87. The maximum absolute atomic E-state index is 12.4. The Bertz CT molecular complexity index is 984. The van der Waals surface area contributed by atoms with E-state index in [9.17, 15) is 18.0 Å². The molecule has 170 valence electrons. The number of amidine groups is 1. The van der Waals surface area contributed by atoms with Crippen molar-refractivity contribution in [1.29, 1.82) is 0 Å². The number of carbonyl (C=O) groups is 2. The third-order valence-corrected chi connectivity index (χ3v) is 7.92. The molecule has 0 bridgehead atoms. The fraction of sp³-hybridized carbons (Fsp3) is 0.550. The number of hydrogen-bond acceptors (Lipinski definition) is 7. The Balaban J connectivity index is 1.79. The van der Waals surface area contributed by atoms with Gasteiger partial charge in [0.25, 0.3) is 5.91 Å². The van der Waals surface area contributed by atoms with Crippen molar-refractivity contribution in [2.75, 3.05) is 41.9 Å². The van der Waals surface area contributed by atoms with Crippen molar-refractivity contribution in [3.05, 3.63) is 24.3 Å². The highest BCUT2D eigenvalue weighted by Crippen LogP contribution is 2.41. The summed E-state index contributed by atoms with van der Waals surface area (Å²) in [6.45, 7) is 4.89. The topological polar surface area (TPSA) is 108 Å². The van der Waals surface area contributed by atoms with Crippen molar-refractivity contribution in [1.82, 2.24) is 5.32 Å². The van der Waals surface area contributed by atoms with E-state index in [-0.39, 0.29) is 29.3 Å². The fourth-order valence-corrected chi connectivity index (χ4v) is 7.32. The Kier molecular flexibility index (Phi) is 6.56. The van der Waals surface area contributed by atoms with Crippen LogP contribution in [0.3, 0.4) is 0 Å². The zero-order chi connectivity index (χ0) is 23.0. The molecule has 2 atom stereocenters. The lowest BCUT2D eigenvalue weighted by atomic mass is 10.2. The third kappa shape index (κ3) is 5.91. The average Bonchev–Trinajstić information content (AvgIpc) is 3.09. The number of carbonyl (C=O) groups excluding carboxylic acids is 2. The summed E-state index contributed by atoms with van der Waals surface area (Å²) in [4.78, 5) is 32.2. The summed E-state index contributed by atoms with van der Waals surface area (Å²) < 4.78 is 29.5. The molecule has 2 saturated heterocycles. The second-order valence-electron chi connectivity index (χ2n) is 8.72. The van der Waals surface area contributed by atoms with E-state index < -0.39 is 27.4 Å². The number of rotatable bonds is 4. The number of alkyl carbamates (subject to hydrolysis) is 1. The lowest BCUT2D eigenvalue weighted by Crippen LogP contribution is -2.38. The van der Waals surface area contributed by atoms with Crippen LogP contribution in [0.4, 0.5) is 16.2 Å². The molecule has 1 N–H and O–H groups in total. The van der Waals surface area contributed by atoms with Crippen molar-refractivity contribution in [3.8, 4) is 0 Å². The minimum absolute atomic E-state index is 0.0173. The molecule has 9 nitrogen and oxygen atoms in total. The van der Waals surface area contributed by atoms with Crippen LogP contribution in [0, 0.1) is 0 Å². The first-order valence-corrected chi connectivity index (χ1v) is 12.6. The van der Waals surface area contributed by atoms with Crippen LogP contribution >= 0.6 is 11.8 Å². The van der Waals surface area contributed by atoms with Crippen LogP contribution in [0.2, 0.25) is 0 Å². The molecule has 0 aromatic heterocycles. The summed E-state index contributed by atoms with van der Waals surface area (Å²) in [6, 6.07) is 7.36. The number of amides is 2. The standard InChI is InChI=1S/C20H28N4O5S2/c1-20(2,3)29-19(26)21-10-17(25)22-18-24(14-8-6-13(7-9-14)23(4)5)15-11-31(27,28)12-16(15)30-18/h6-9,15-16H,10-12H2,1-5H3,(H,21,26)/t15-,16-/m1/s1. The Morgan fingerprint density at radius 3 is 2.45 bits per heavy atom. The number of anilines is 2. The molecule has 0 spiro atoms. The van der Waals surface area contributed by atoms with Crippen LogP contribution in [0.5, 0.6) is 0 Å². The normalized spacial score (nSPS) is 23.5. The highest BCUT2D eigenvalue weighted by molar-refractivity contribution is 8.16. The van der Waals surface area contributed by atoms with E-state index >= 15 is 0 Å². The van der Waals surface area contributed by atoms with Gasteiger partial charge in [0, 0.05) is 30.7 Å². The van der Waals surface area contributed by atoms with Gasteiger partial charge in [0.1, 0.15) is 12.1 Å². The van der Waals surface area contributed by atoms with Crippen molar-refractivity contribution >= 4 is 50.1 Å². The van der Waals surface area contributed by atoms with Crippen molar-refractivity contribution in [2.24, 2.45) is 4.99 Å².